The molecular formula is C20H31N3O2. The molecule has 3 rings (SSSR count). The fraction of sp³-hybridized carbons (Fsp3) is 0.650. The molecule has 2 unspecified atom stereocenters. The highest BCUT2D eigenvalue weighted by Crippen LogP contribution is 2.29. The number of carbonyl (C=O) groups is 1. The van der Waals surface area contributed by atoms with Crippen LogP contribution in [0.5, 0.6) is 0 Å². The Balaban J connectivity index is 1.65. The average Bonchev–Trinajstić information content (AvgIpc) is 2.80. The number of carbonyl (C=O) groups excluding carboxylic acids is 1. The summed E-state index contributed by atoms with van der Waals surface area (Å²) >= 11 is 0. The third kappa shape index (κ3) is 4.15. The number of nitrogens with one attached hydrogen (secondary N) is 1. The molecule has 2 aliphatic heterocycles. The van der Waals surface area contributed by atoms with Gasteiger partial charge in [-0.2, -0.15) is 0 Å². The summed E-state index contributed by atoms with van der Waals surface area (Å²) in [6.45, 7) is 8.36. The Hall–Kier alpha value is -1.59. The summed E-state index contributed by atoms with van der Waals surface area (Å²) in [7, 11) is 2.20. The molecule has 2 aliphatic rings. The molecule has 0 saturated carbocycles. The molecule has 5 heteroatoms. The molecule has 5 nitrogen and oxygen atoms in total. The predicted molar refractivity (Wildman–Crippen MR) is 101 cm³/mol. The third-order valence-corrected chi connectivity index (χ3v) is 5.70. The summed E-state index contributed by atoms with van der Waals surface area (Å²) in [4.78, 5) is 17.2. The van der Waals surface area contributed by atoms with Crippen molar-refractivity contribution in [2.75, 3.05) is 25.5 Å². The first-order valence-corrected chi connectivity index (χ1v) is 9.43. The van der Waals surface area contributed by atoms with Crippen LogP contribution in [-0.2, 0) is 11.3 Å². The van der Waals surface area contributed by atoms with E-state index >= 15 is 0 Å². The number of rotatable bonds is 4. The van der Waals surface area contributed by atoms with E-state index in [1.807, 2.05) is 37.8 Å². The van der Waals surface area contributed by atoms with Gasteiger partial charge in [-0.3, -0.25) is 4.90 Å². The molecule has 2 bridgehead atoms. The monoisotopic (exact) mass is 345 g/mol. The molecule has 2 heterocycles. The molecule has 0 spiro atoms. The smallest absolute Gasteiger partial charge is 0.321 e. The van der Waals surface area contributed by atoms with E-state index in [1.165, 1.54) is 12.8 Å². The van der Waals surface area contributed by atoms with Gasteiger partial charge in [-0.15, -0.1) is 0 Å². The third-order valence-electron chi connectivity index (χ3n) is 5.70. The molecule has 25 heavy (non-hydrogen) atoms. The summed E-state index contributed by atoms with van der Waals surface area (Å²) in [5.41, 5.74) is 3.10. The summed E-state index contributed by atoms with van der Waals surface area (Å²) in [6.07, 6.45) is 3.74. The van der Waals surface area contributed by atoms with Gasteiger partial charge in [-0.05, 0) is 64.3 Å². The summed E-state index contributed by atoms with van der Waals surface area (Å²) in [6, 6.07) is 7.19. The lowest BCUT2D eigenvalue weighted by Crippen LogP contribution is -2.41. The van der Waals surface area contributed by atoms with Gasteiger partial charge >= 0.3 is 6.03 Å². The van der Waals surface area contributed by atoms with Gasteiger partial charge in [0.1, 0.15) is 0 Å². The largest absolute Gasteiger partial charge is 0.374 e. The van der Waals surface area contributed by atoms with Crippen molar-refractivity contribution in [1.29, 1.82) is 0 Å². The Bertz CT molecular complexity index is 617. The second kappa shape index (κ2) is 7.75. The number of hydrogen-bond donors (Lipinski definition) is 1. The number of likely N-dealkylation sites (tertiary alicyclic amines) is 1. The summed E-state index contributed by atoms with van der Waals surface area (Å²) < 4.78 is 5.72. The minimum absolute atomic E-state index is 0.0194. The van der Waals surface area contributed by atoms with Crippen molar-refractivity contribution in [3.05, 3.63) is 29.3 Å². The predicted octanol–water partition coefficient (Wildman–Crippen LogP) is 3.62. The number of nitrogens with zero attached hydrogens (tertiary/aromatic N) is 2. The van der Waals surface area contributed by atoms with Crippen LogP contribution in [0.3, 0.4) is 0 Å². The van der Waals surface area contributed by atoms with Crippen LogP contribution in [0.2, 0.25) is 0 Å². The molecule has 1 aromatic rings. The van der Waals surface area contributed by atoms with Gasteiger partial charge in [0.15, 0.2) is 0 Å². The standard InChI is InChI=1S/C20H31N3O2/c1-14(2)25-13-16-6-5-7-19(15(16)3)21-20(24)23-11-10-17-8-9-18(12-23)22(17)4/h5-7,14,17-18H,8-13H2,1-4H3,(H,21,24). The van der Waals surface area contributed by atoms with E-state index < -0.39 is 0 Å². The highest BCUT2D eigenvalue weighted by atomic mass is 16.5. The van der Waals surface area contributed by atoms with Crippen LogP contribution >= 0.6 is 0 Å². The minimum Gasteiger partial charge on any atom is -0.374 e. The van der Waals surface area contributed by atoms with Crippen molar-refractivity contribution in [3.63, 3.8) is 0 Å². The second-order valence-electron chi connectivity index (χ2n) is 7.66. The topological polar surface area (TPSA) is 44.8 Å². The normalized spacial score (nSPS) is 23.8. The van der Waals surface area contributed by atoms with Crippen molar-refractivity contribution < 1.29 is 9.53 Å². The Labute approximate surface area is 151 Å². The van der Waals surface area contributed by atoms with Gasteiger partial charge in [0, 0.05) is 30.9 Å². The van der Waals surface area contributed by atoms with E-state index in [0.29, 0.717) is 18.7 Å². The van der Waals surface area contributed by atoms with E-state index in [2.05, 4.69) is 23.3 Å². The van der Waals surface area contributed by atoms with Crippen molar-refractivity contribution in [1.82, 2.24) is 9.80 Å². The van der Waals surface area contributed by atoms with Crippen LogP contribution in [0, 0.1) is 6.92 Å². The first-order valence-electron chi connectivity index (χ1n) is 9.43. The maximum Gasteiger partial charge on any atom is 0.321 e. The van der Waals surface area contributed by atoms with Crippen molar-refractivity contribution >= 4 is 11.7 Å². The molecule has 1 N–H and O–H groups in total. The minimum atomic E-state index is 0.0194. The van der Waals surface area contributed by atoms with E-state index in [-0.39, 0.29) is 12.1 Å². The number of anilines is 1. The lowest BCUT2D eigenvalue weighted by molar-refractivity contribution is 0.0654. The van der Waals surface area contributed by atoms with Crippen molar-refractivity contribution in [2.45, 2.75) is 64.8 Å². The Morgan fingerprint density at radius 1 is 1.28 bits per heavy atom. The summed E-state index contributed by atoms with van der Waals surface area (Å²) in [5.74, 6) is 0. The lowest BCUT2D eigenvalue weighted by Gasteiger charge is -2.26. The number of hydrogen-bond acceptors (Lipinski definition) is 3. The van der Waals surface area contributed by atoms with Crippen LogP contribution in [0.1, 0.15) is 44.2 Å². The first-order chi connectivity index (χ1) is 12.0. The fourth-order valence-corrected chi connectivity index (χ4v) is 3.92. The van der Waals surface area contributed by atoms with Gasteiger partial charge in [-0.25, -0.2) is 4.79 Å². The van der Waals surface area contributed by atoms with E-state index in [9.17, 15) is 4.79 Å². The number of amides is 2. The number of likely N-dealkylation sites (N-methyl/N-ethyl adjacent to an activating group) is 1. The Morgan fingerprint density at radius 3 is 2.80 bits per heavy atom. The second-order valence-corrected chi connectivity index (χ2v) is 7.66. The molecule has 0 radical (unpaired) electrons. The van der Waals surface area contributed by atoms with Crippen LogP contribution in [-0.4, -0.2) is 54.2 Å². The molecule has 2 saturated heterocycles. The molecule has 0 aliphatic carbocycles. The molecule has 1 aromatic carbocycles. The van der Waals surface area contributed by atoms with Gasteiger partial charge < -0.3 is 15.0 Å². The Kier molecular flexibility index (Phi) is 5.64. The number of benzene rings is 1. The van der Waals surface area contributed by atoms with Gasteiger partial charge in [0.25, 0.3) is 0 Å². The lowest BCUT2D eigenvalue weighted by atomic mass is 10.1. The molecule has 0 aromatic heterocycles. The molecule has 2 fully saturated rings. The molecule has 2 atom stereocenters. The zero-order valence-electron chi connectivity index (χ0n) is 15.9. The van der Waals surface area contributed by atoms with Crippen LogP contribution < -0.4 is 5.32 Å². The highest BCUT2D eigenvalue weighted by molar-refractivity contribution is 5.90. The number of urea groups is 1. The Morgan fingerprint density at radius 2 is 2.04 bits per heavy atom. The van der Waals surface area contributed by atoms with E-state index in [1.54, 1.807) is 0 Å². The molecule has 2 amide bonds. The van der Waals surface area contributed by atoms with Crippen LogP contribution in [0.4, 0.5) is 10.5 Å². The maximum atomic E-state index is 12.8. The number of fused-ring (bicyclic) bond motifs is 2. The average molecular weight is 345 g/mol. The van der Waals surface area contributed by atoms with Crippen LogP contribution in [0.15, 0.2) is 18.2 Å². The highest BCUT2D eigenvalue weighted by Gasteiger charge is 2.36. The van der Waals surface area contributed by atoms with Crippen molar-refractivity contribution in [2.24, 2.45) is 0 Å². The maximum absolute atomic E-state index is 12.8. The quantitative estimate of drug-likeness (QED) is 0.906. The van der Waals surface area contributed by atoms with Gasteiger partial charge in [0.05, 0.1) is 12.7 Å². The zero-order valence-corrected chi connectivity index (χ0v) is 15.9. The van der Waals surface area contributed by atoms with Gasteiger partial charge in [-0.1, -0.05) is 12.1 Å². The fourth-order valence-electron chi connectivity index (χ4n) is 3.92. The van der Waals surface area contributed by atoms with E-state index in [0.717, 1.165) is 36.3 Å². The molecule has 138 valence electrons. The van der Waals surface area contributed by atoms with E-state index in [4.69, 9.17) is 4.74 Å². The zero-order chi connectivity index (χ0) is 18.0. The first kappa shape index (κ1) is 18.2. The summed E-state index contributed by atoms with van der Waals surface area (Å²) in [5, 5.41) is 3.12. The van der Waals surface area contributed by atoms with Gasteiger partial charge in [0.2, 0.25) is 0 Å². The molecular weight excluding hydrogens is 314 g/mol. The van der Waals surface area contributed by atoms with Crippen molar-refractivity contribution in [3.8, 4) is 0 Å². The van der Waals surface area contributed by atoms with Crippen LogP contribution in [0.25, 0.3) is 0 Å². The number of ether oxygens (including phenoxy) is 1. The SMILES string of the molecule is Cc1c(COC(C)C)cccc1NC(=O)N1CCC2CCC(C1)N2C.